The highest BCUT2D eigenvalue weighted by Crippen LogP contribution is 2.35. The molecule has 2 aliphatic rings. The summed E-state index contributed by atoms with van der Waals surface area (Å²) in [6.07, 6.45) is 0.876. The minimum Gasteiger partial charge on any atom is -0.454 e. The molecule has 2 N–H and O–H groups in total. The standard InChI is InChI=1S/C16H14N2O5S/c19-16-6-1-10-7-12(3-4-13(10)17-16)24(20,21)18-11-2-5-14-15(8-11)23-9-22-14/h2-5,7-8,18H,1,6,9H2,(H,17,19). The van der Waals surface area contributed by atoms with E-state index in [1.807, 2.05) is 0 Å². The van der Waals surface area contributed by atoms with Gasteiger partial charge in [-0.15, -0.1) is 0 Å². The zero-order valence-electron chi connectivity index (χ0n) is 12.5. The van der Waals surface area contributed by atoms with Gasteiger partial charge in [0.1, 0.15) is 0 Å². The van der Waals surface area contributed by atoms with Crippen LogP contribution in [-0.2, 0) is 21.2 Å². The Labute approximate surface area is 138 Å². The summed E-state index contributed by atoms with van der Waals surface area (Å²) in [6.45, 7) is 0.127. The van der Waals surface area contributed by atoms with Gasteiger partial charge in [0, 0.05) is 18.2 Å². The molecule has 0 saturated carbocycles. The van der Waals surface area contributed by atoms with E-state index in [0.29, 0.717) is 35.7 Å². The molecule has 1 amide bonds. The van der Waals surface area contributed by atoms with Crippen LogP contribution in [0.5, 0.6) is 11.5 Å². The first-order chi connectivity index (χ1) is 11.5. The smallest absolute Gasteiger partial charge is 0.261 e. The number of ether oxygens (including phenoxy) is 2. The Bertz CT molecular complexity index is 939. The van der Waals surface area contributed by atoms with E-state index >= 15 is 0 Å². The Balaban J connectivity index is 1.62. The van der Waals surface area contributed by atoms with E-state index in [2.05, 4.69) is 10.0 Å². The van der Waals surface area contributed by atoms with Crippen molar-refractivity contribution in [1.29, 1.82) is 0 Å². The zero-order valence-corrected chi connectivity index (χ0v) is 13.4. The second-order valence-corrected chi connectivity index (χ2v) is 7.22. The van der Waals surface area contributed by atoms with Crippen LogP contribution in [0.3, 0.4) is 0 Å². The third kappa shape index (κ3) is 2.65. The monoisotopic (exact) mass is 346 g/mol. The summed E-state index contributed by atoms with van der Waals surface area (Å²) in [5.74, 6) is 1.03. The van der Waals surface area contributed by atoms with Crippen LogP contribution < -0.4 is 19.5 Å². The lowest BCUT2D eigenvalue weighted by Gasteiger charge is -2.18. The number of aryl methyl sites for hydroxylation is 1. The number of fused-ring (bicyclic) bond motifs is 2. The summed E-state index contributed by atoms with van der Waals surface area (Å²) >= 11 is 0. The van der Waals surface area contributed by atoms with Crippen molar-refractivity contribution < 1.29 is 22.7 Å². The minimum atomic E-state index is -3.74. The van der Waals surface area contributed by atoms with Gasteiger partial charge < -0.3 is 14.8 Å². The summed E-state index contributed by atoms with van der Waals surface area (Å²) < 4.78 is 38.1. The Morgan fingerprint density at radius 2 is 1.83 bits per heavy atom. The molecule has 4 rings (SSSR count). The van der Waals surface area contributed by atoms with Crippen LogP contribution in [0.4, 0.5) is 11.4 Å². The molecule has 2 aliphatic heterocycles. The number of amides is 1. The van der Waals surface area contributed by atoms with Gasteiger partial charge in [0.2, 0.25) is 12.7 Å². The van der Waals surface area contributed by atoms with Crippen molar-refractivity contribution in [3.63, 3.8) is 0 Å². The normalized spacial score (nSPS) is 15.6. The molecule has 0 spiro atoms. The van der Waals surface area contributed by atoms with E-state index in [0.717, 1.165) is 5.56 Å². The van der Waals surface area contributed by atoms with Crippen molar-refractivity contribution in [2.24, 2.45) is 0 Å². The number of carbonyl (C=O) groups is 1. The second-order valence-electron chi connectivity index (χ2n) is 5.54. The summed E-state index contributed by atoms with van der Waals surface area (Å²) in [5, 5.41) is 2.73. The van der Waals surface area contributed by atoms with E-state index in [-0.39, 0.29) is 17.6 Å². The van der Waals surface area contributed by atoms with Crippen LogP contribution in [0.15, 0.2) is 41.3 Å². The van der Waals surface area contributed by atoms with E-state index in [1.54, 1.807) is 30.3 Å². The zero-order chi connectivity index (χ0) is 16.7. The van der Waals surface area contributed by atoms with Gasteiger partial charge in [-0.25, -0.2) is 8.42 Å². The molecule has 0 unspecified atom stereocenters. The van der Waals surface area contributed by atoms with Crippen LogP contribution in [0.1, 0.15) is 12.0 Å². The molecule has 0 bridgehead atoms. The van der Waals surface area contributed by atoms with Gasteiger partial charge in [0.05, 0.1) is 10.6 Å². The molecule has 0 aromatic heterocycles. The van der Waals surface area contributed by atoms with Gasteiger partial charge in [-0.2, -0.15) is 0 Å². The molecule has 2 aromatic rings. The van der Waals surface area contributed by atoms with Crippen molar-refractivity contribution in [2.75, 3.05) is 16.8 Å². The van der Waals surface area contributed by atoms with Gasteiger partial charge in [-0.1, -0.05) is 0 Å². The fraction of sp³-hybridized carbons (Fsp3) is 0.188. The van der Waals surface area contributed by atoms with Gasteiger partial charge in [0.15, 0.2) is 11.5 Å². The fourth-order valence-corrected chi connectivity index (χ4v) is 3.80. The predicted octanol–water partition coefficient (Wildman–Crippen LogP) is 2.10. The third-order valence-corrected chi connectivity index (χ3v) is 5.29. The lowest BCUT2D eigenvalue weighted by Crippen LogP contribution is -2.20. The minimum absolute atomic E-state index is 0.0587. The lowest BCUT2D eigenvalue weighted by atomic mass is 10.0. The first-order valence-electron chi connectivity index (χ1n) is 7.36. The van der Waals surface area contributed by atoms with E-state index < -0.39 is 10.0 Å². The third-order valence-electron chi connectivity index (χ3n) is 3.91. The van der Waals surface area contributed by atoms with E-state index in [1.165, 1.54) is 6.07 Å². The highest BCUT2D eigenvalue weighted by Gasteiger charge is 2.21. The number of sulfonamides is 1. The number of hydrogen-bond donors (Lipinski definition) is 2. The van der Waals surface area contributed by atoms with Crippen molar-refractivity contribution in [3.05, 3.63) is 42.0 Å². The van der Waals surface area contributed by atoms with Gasteiger partial charge in [-0.3, -0.25) is 9.52 Å². The number of rotatable bonds is 3. The summed E-state index contributed by atoms with van der Waals surface area (Å²) in [5.41, 5.74) is 1.86. The van der Waals surface area contributed by atoms with Gasteiger partial charge in [-0.05, 0) is 42.3 Å². The molecule has 0 radical (unpaired) electrons. The molecule has 7 nitrogen and oxygen atoms in total. The first kappa shape index (κ1) is 14.8. The Hall–Kier alpha value is -2.74. The quantitative estimate of drug-likeness (QED) is 0.888. The largest absolute Gasteiger partial charge is 0.454 e. The SMILES string of the molecule is O=C1CCc2cc(S(=O)(=O)Nc3ccc4c(c3)OCO4)ccc2N1. The number of nitrogens with one attached hydrogen (secondary N) is 2. The Morgan fingerprint density at radius 1 is 1.00 bits per heavy atom. The summed E-state index contributed by atoms with van der Waals surface area (Å²) in [6, 6.07) is 9.52. The highest BCUT2D eigenvalue weighted by atomic mass is 32.2. The van der Waals surface area contributed by atoms with Gasteiger partial charge >= 0.3 is 0 Å². The molecule has 0 atom stereocenters. The molecule has 0 fully saturated rings. The number of benzene rings is 2. The molecule has 0 aliphatic carbocycles. The highest BCUT2D eigenvalue weighted by molar-refractivity contribution is 7.92. The number of anilines is 2. The molecule has 2 aromatic carbocycles. The fourth-order valence-electron chi connectivity index (χ4n) is 2.70. The van der Waals surface area contributed by atoms with Crippen LogP contribution in [-0.4, -0.2) is 21.1 Å². The van der Waals surface area contributed by atoms with Crippen LogP contribution in [0, 0.1) is 0 Å². The maximum Gasteiger partial charge on any atom is 0.261 e. The topological polar surface area (TPSA) is 93.7 Å². The van der Waals surface area contributed by atoms with E-state index in [4.69, 9.17) is 9.47 Å². The molecule has 2 heterocycles. The molecule has 124 valence electrons. The molecule has 0 saturated heterocycles. The maximum absolute atomic E-state index is 12.6. The maximum atomic E-state index is 12.6. The van der Waals surface area contributed by atoms with Crippen molar-refractivity contribution in [2.45, 2.75) is 17.7 Å². The van der Waals surface area contributed by atoms with Crippen molar-refractivity contribution in [1.82, 2.24) is 0 Å². The predicted molar refractivity (Wildman–Crippen MR) is 86.8 cm³/mol. The van der Waals surface area contributed by atoms with Crippen LogP contribution in [0.2, 0.25) is 0 Å². The summed E-state index contributed by atoms with van der Waals surface area (Å²) in [7, 11) is -3.74. The number of carbonyl (C=O) groups excluding carboxylic acids is 1. The second kappa shape index (κ2) is 5.41. The van der Waals surface area contributed by atoms with Crippen LogP contribution >= 0.6 is 0 Å². The van der Waals surface area contributed by atoms with Gasteiger partial charge in [0.25, 0.3) is 10.0 Å². The Morgan fingerprint density at radius 3 is 2.71 bits per heavy atom. The average molecular weight is 346 g/mol. The van der Waals surface area contributed by atoms with Crippen LogP contribution in [0.25, 0.3) is 0 Å². The average Bonchev–Trinajstić information content (AvgIpc) is 3.01. The van der Waals surface area contributed by atoms with Crippen molar-refractivity contribution in [3.8, 4) is 11.5 Å². The molecule has 24 heavy (non-hydrogen) atoms. The Kier molecular flexibility index (Phi) is 3.34. The first-order valence-corrected chi connectivity index (χ1v) is 8.85. The molecular formula is C16H14N2O5S. The van der Waals surface area contributed by atoms with E-state index in [9.17, 15) is 13.2 Å². The molecule has 8 heteroatoms. The lowest BCUT2D eigenvalue weighted by molar-refractivity contribution is -0.116. The molecular weight excluding hydrogens is 332 g/mol. The van der Waals surface area contributed by atoms with Crippen molar-refractivity contribution >= 4 is 27.3 Å². The number of hydrogen-bond acceptors (Lipinski definition) is 5. The summed E-state index contributed by atoms with van der Waals surface area (Å²) in [4.78, 5) is 11.5.